The first-order valence-electron chi connectivity index (χ1n) is 2.77. The van der Waals surface area contributed by atoms with Crippen molar-refractivity contribution in [1.29, 1.82) is 5.26 Å². The number of ether oxygens (including phenoxy) is 1. The summed E-state index contributed by atoms with van der Waals surface area (Å²) >= 11 is 0. The summed E-state index contributed by atoms with van der Waals surface area (Å²) in [5.74, 6) is 0. The topological polar surface area (TPSA) is 33.0 Å². The number of nitriles is 1. The van der Waals surface area contributed by atoms with Crippen molar-refractivity contribution in [3.63, 3.8) is 0 Å². The van der Waals surface area contributed by atoms with Gasteiger partial charge < -0.3 is 4.74 Å². The molecule has 0 aromatic rings. The first kappa shape index (κ1) is 5.90. The Bertz CT molecular complexity index is 186. The van der Waals surface area contributed by atoms with Crippen molar-refractivity contribution in [3.8, 4) is 6.07 Å². The summed E-state index contributed by atoms with van der Waals surface area (Å²) in [5, 5.41) is 8.25. The van der Waals surface area contributed by atoms with Gasteiger partial charge in [-0.1, -0.05) is 0 Å². The van der Waals surface area contributed by atoms with E-state index in [2.05, 4.69) is 6.07 Å². The van der Waals surface area contributed by atoms with E-state index in [1.165, 1.54) is 0 Å². The lowest BCUT2D eigenvalue weighted by Gasteiger charge is -2.02. The van der Waals surface area contributed by atoms with Crippen LogP contribution in [0.1, 0.15) is 6.42 Å². The fourth-order valence-electron chi connectivity index (χ4n) is 0.637. The smallest absolute Gasteiger partial charge is 0.106 e. The van der Waals surface area contributed by atoms with Gasteiger partial charge in [0, 0.05) is 0 Å². The monoisotopic (exact) mass is 121 g/mol. The summed E-state index contributed by atoms with van der Waals surface area (Å²) in [6, 6.07) is 2.06. The highest BCUT2D eigenvalue weighted by atomic mass is 16.5. The zero-order chi connectivity index (χ0) is 6.53. The molecular weight excluding hydrogens is 114 g/mol. The average Bonchev–Trinajstić information content (AvgIpc) is 1.91. The summed E-state index contributed by atoms with van der Waals surface area (Å²) in [6.45, 7) is 0.605. The number of rotatable bonds is 1. The molecule has 0 atom stereocenters. The van der Waals surface area contributed by atoms with Crippen LogP contribution in [-0.2, 0) is 4.74 Å². The van der Waals surface area contributed by atoms with Gasteiger partial charge in [0.1, 0.15) is 6.61 Å². The average molecular weight is 121 g/mol. The van der Waals surface area contributed by atoms with Gasteiger partial charge in [0.25, 0.3) is 0 Å². The van der Waals surface area contributed by atoms with Gasteiger partial charge in [-0.3, -0.25) is 0 Å². The molecule has 0 spiro atoms. The Morgan fingerprint density at radius 3 is 3.22 bits per heavy atom. The Labute approximate surface area is 54.0 Å². The predicted molar refractivity (Wildman–Crippen MR) is 33.4 cm³/mol. The predicted octanol–water partition coefficient (Wildman–Crippen LogP) is 1.37. The minimum Gasteiger partial charge on any atom is -0.497 e. The van der Waals surface area contributed by atoms with E-state index in [-0.39, 0.29) is 0 Å². The van der Waals surface area contributed by atoms with Gasteiger partial charge in [0.15, 0.2) is 0 Å². The molecule has 0 radical (unpaired) electrons. The molecule has 0 bridgehead atoms. The molecule has 2 heteroatoms. The molecule has 0 N–H and O–H groups in total. The normalized spacial score (nSPS) is 15.7. The van der Waals surface area contributed by atoms with Crippen LogP contribution in [0.5, 0.6) is 0 Å². The molecule has 46 valence electrons. The van der Waals surface area contributed by atoms with E-state index in [0.717, 1.165) is 5.57 Å². The van der Waals surface area contributed by atoms with Gasteiger partial charge in [0.2, 0.25) is 0 Å². The molecule has 0 amide bonds. The van der Waals surface area contributed by atoms with Crippen LogP contribution >= 0.6 is 0 Å². The van der Waals surface area contributed by atoms with Crippen molar-refractivity contribution in [2.45, 2.75) is 6.42 Å². The molecule has 0 unspecified atom stereocenters. The van der Waals surface area contributed by atoms with Crippen LogP contribution in [0.25, 0.3) is 0 Å². The summed E-state index contributed by atoms with van der Waals surface area (Å²) in [7, 11) is 0. The third kappa shape index (κ3) is 1.61. The van der Waals surface area contributed by atoms with Crippen molar-refractivity contribution in [1.82, 2.24) is 0 Å². The van der Waals surface area contributed by atoms with Crippen molar-refractivity contribution >= 4 is 0 Å². The fourth-order valence-corrected chi connectivity index (χ4v) is 0.637. The molecule has 0 fully saturated rings. The Hall–Kier alpha value is -1.23. The second-order valence-corrected chi connectivity index (χ2v) is 1.75. The Kier molecular flexibility index (Phi) is 1.92. The van der Waals surface area contributed by atoms with Gasteiger partial charge in [-0.25, -0.2) is 0 Å². The molecule has 0 aromatic heterocycles. The molecule has 9 heavy (non-hydrogen) atoms. The van der Waals surface area contributed by atoms with E-state index in [0.29, 0.717) is 13.0 Å². The SMILES string of the molecule is N#CCC1=CCOC=C1. The molecule has 0 aromatic carbocycles. The summed E-state index contributed by atoms with van der Waals surface area (Å²) in [4.78, 5) is 0. The Morgan fingerprint density at radius 1 is 1.78 bits per heavy atom. The van der Waals surface area contributed by atoms with Crippen molar-refractivity contribution in [2.24, 2.45) is 0 Å². The minimum atomic E-state index is 0.486. The highest BCUT2D eigenvalue weighted by Gasteiger charge is 1.94. The number of nitrogens with zero attached hydrogens (tertiary/aromatic N) is 1. The van der Waals surface area contributed by atoms with E-state index >= 15 is 0 Å². The van der Waals surface area contributed by atoms with Crippen molar-refractivity contribution in [2.75, 3.05) is 6.61 Å². The molecule has 1 rings (SSSR count). The minimum absolute atomic E-state index is 0.486. The maximum atomic E-state index is 8.25. The molecule has 1 aliphatic rings. The first-order chi connectivity index (χ1) is 4.43. The van der Waals surface area contributed by atoms with Crippen LogP contribution in [0.3, 0.4) is 0 Å². The van der Waals surface area contributed by atoms with Crippen LogP contribution in [0, 0.1) is 11.3 Å². The van der Waals surface area contributed by atoms with Gasteiger partial charge in [-0.2, -0.15) is 5.26 Å². The van der Waals surface area contributed by atoms with E-state index in [9.17, 15) is 0 Å². The zero-order valence-electron chi connectivity index (χ0n) is 5.00. The molecule has 1 heterocycles. The van der Waals surface area contributed by atoms with E-state index < -0.39 is 0 Å². The highest BCUT2D eigenvalue weighted by molar-refractivity contribution is 5.22. The van der Waals surface area contributed by atoms with E-state index in [1.807, 2.05) is 12.2 Å². The van der Waals surface area contributed by atoms with Crippen LogP contribution in [-0.4, -0.2) is 6.61 Å². The fraction of sp³-hybridized carbons (Fsp3) is 0.286. The van der Waals surface area contributed by atoms with Crippen LogP contribution in [0.4, 0.5) is 0 Å². The summed E-state index contributed by atoms with van der Waals surface area (Å²) < 4.78 is 4.88. The number of allylic oxidation sites excluding steroid dienone is 2. The van der Waals surface area contributed by atoms with Gasteiger partial charge in [-0.15, -0.1) is 0 Å². The van der Waals surface area contributed by atoms with Crippen molar-refractivity contribution < 1.29 is 4.74 Å². The number of hydrogen-bond donors (Lipinski definition) is 0. The molecule has 2 nitrogen and oxygen atoms in total. The highest BCUT2D eigenvalue weighted by Crippen LogP contribution is 2.06. The van der Waals surface area contributed by atoms with E-state index in [4.69, 9.17) is 10.00 Å². The largest absolute Gasteiger partial charge is 0.497 e. The van der Waals surface area contributed by atoms with Gasteiger partial charge in [-0.05, 0) is 17.7 Å². The van der Waals surface area contributed by atoms with Gasteiger partial charge in [0.05, 0.1) is 18.8 Å². The first-order valence-corrected chi connectivity index (χ1v) is 2.77. The van der Waals surface area contributed by atoms with Crippen LogP contribution < -0.4 is 0 Å². The number of hydrogen-bond acceptors (Lipinski definition) is 2. The molecular formula is C7H7NO. The molecule has 1 aliphatic heterocycles. The molecule has 0 saturated heterocycles. The molecule has 0 saturated carbocycles. The second-order valence-electron chi connectivity index (χ2n) is 1.75. The maximum Gasteiger partial charge on any atom is 0.106 e. The van der Waals surface area contributed by atoms with Crippen LogP contribution in [0.2, 0.25) is 0 Å². The third-order valence-electron chi connectivity index (χ3n) is 1.10. The Balaban J connectivity index is 2.50. The third-order valence-corrected chi connectivity index (χ3v) is 1.10. The zero-order valence-corrected chi connectivity index (χ0v) is 5.00. The maximum absolute atomic E-state index is 8.25. The second kappa shape index (κ2) is 2.93. The van der Waals surface area contributed by atoms with Gasteiger partial charge >= 0.3 is 0 Å². The quantitative estimate of drug-likeness (QED) is 0.525. The van der Waals surface area contributed by atoms with Crippen LogP contribution in [0.15, 0.2) is 24.0 Å². The summed E-state index contributed by atoms with van der Waals surface area (Å²) in [5.41, 5.74) is 1.05. The lowest BCUT2D eigenvalue weighted by atomic mass is 10.2. The van der Waals surface area contributed by atoms with Crippen molar-refractivity contribution in [3.05, 3.63) is 24.0 Å². The Morgan fingerprint density at radius 2 is 2.67 bits per heavy atom. The lowest BCUT2D eigenvalue weighted by Crippen LogP contribution is -1.90. The summed E-state index contributed by atoms with van der Waals surface area (Å²) in [6.07, 6.45) is 5.82. The lowest BCUT2D eigenvalue weighted by molar-refractivity contribution is 0.284. The standard InChI is InChI=1S/C7H7NO/c8-4-1-7-2-5-9-6-3-7/h2-3,5H,1,6H2. The van der Waals surface area contributed by atoms with E-state index in [1.54, 1.807) is 6.26 Å². The molecule has 0 aliphatic carbocycles.